The van der Waals surface area contributed by atoms with Crippen LogP contribution in [0, 0.1) is 0 Å². The maximum absolute atomic E-state index is 2.41. The quantitative estimate of drug-likeness (QED) is 0.159. The number of hydrogen-bond donors (Lipinski definition) is 0. The van der Waals surface area contributed by atoms with Gasteiger partial charge in [-0.15, -0.1) is 0 Å². The molecule has 0 amide bonds. The van der Waals surface area contributed by atoms with E-state index in [4.69, 9.17) is 0 Å². The zero-order chi connectivity index (χ0) is 35.1. The molecular formula is C52H35N. The van der Waals surface area contributed by atoms with Crippen LogP contribution in [0.2, 0.25) is 0 Å². The fraction of sp³-hybridized carbons (Fsp3) is 0. The molecular weight excluding hydrogens is 639 g/mol. The third-order valence-corrected chi connectivity index (χ3v) is 10.6. The summed E-state index contributed by atoms with van der Waals surface area (Å²) in [6.45, 7) is 0. The van der Waals surface area contributed by atoms with Crippen molar-refractivity contribution in [2.24, 2.45) is 0 Å². The summed E-state index contributed by atoms with van der Waals surface area (Å²) in [6.07, 6.45) is 0. The molecule has 0 radical (unpaired) electrons. The van der Waals surface area contributed by atoms with E-state index in [9.17, 15) is 0 Å². The monoisotopic (exact) mass is 673 g/mol. The molecule has 10 aromatic carbocycles. The number of rotatable bonds is 6. The molecule has 53 heavy (non-hydrogen) atoms. The van der Waals surface area contributed by atoms with Crippen molar-refractivity contribution >= 4 is 60.2 Å². The predicted molar refractivity (Wildman–Crippen MR) is 227 cm³/mol. The first-order chi connectivity index (χ1) is 26.3. The van der Waals surface area contributed by atoms with Gasteiger partial charge in [0.25, 0.3) is 0 Å². The van der Waals surface area contributed by atoms with Crippen molar-refractivity contribution in [2.75, 3.05) is 4.90 Å². The highest BCUT2D eigenvalue weighted by molar-refractivity contribution is 6.21. The summed E-state index contributed by atoms with van der Waals surface area (Å²) in [4.78, 5) is 2.36. The molecule has 0 fully saturated rings. The first-order valence-electron chi connectivity index (χ1n) is 18.3. The molecule has 0 unspecified atom stereocenters. The molecule has 0 N–H and O–H groups in total. The van der Waals surface area contributed by atoms with Gasteiger partial charge in [-0.25, -0.2) is 0 Å². The number of hydrogen-bond acceptors (Lipinski definition) is 1. The van der Waals surface area contributed by atoms with Crippen LogP contribution in [0.5, 0.6) is 0 Å². The van der Waals surface area contributed by atoms with Crippen molar-refractivity contribution in [2.45, 2.75) is 0 Å². The van der Waals surface area contributed by atoms with Crippen molar-refractivity contribution in [1.82, 2.24) is 0 Å². The summed E-state index contributed by atoms with van der Waals surface area (Å²) in [6, 6.07) is 77.2. The van der Waals surface area contributed by atoms with Gasteiger partial charge in [-0.05, 0) is 119 Å². The van der Waals surface area contributed by atoms with E-state index in [1.807, 2.05) is 0 Å². The Kier molecular flexibility index (Phi) is 7.55. The summed E-state index contributed by atoms with van der Waals surface area (Å²) < 4.78 is 0. The Labute approximate surface area is 309 Å². The third kappa shape index (κ3) is 5.51. The minimum atomic E-state index is 1.11. The average molecular weight is 674 g/mol. The average Bonchev–Trinajstić information content (AvgIpc) is 3.24. The smallest absolute Gasteiger partial charge is 0.0468 e. The molecule has 0 aliphatic carbocycles. The van der Waals surface area contributed by atoms with Crippen LogP contribution in [0.3, 0.4) is 0 Å². The highest BCUT2D eigenvalue weighted by Crippen LogP contribution is 2.43. The number of nitrogens with zero attached hydrogens (tertiary/aromatic N) is 1. The van der Waals surface area contributed by atoms with Gasteiger partial charge in [-0.2, -0.15) is 0 Å². The van der Waals surface area contributed by atoms with E-state index in [2.05, 4.69) is 217 Å². The second-order valence-electron chi connectivity index (χ2n) is 13.7. The number of fused-ring (bicyclic) bond motifs is 6. The van der Waals surface area contributed by atoms with Gasteiger partial charge in [0.05, 0.1) is 0 Å². The standard InChI is InChI=1S/C52H35N/c1-2-12-36(13-3-1)38-22-28-42(29-23-38)53(44-32-24-37-14-4-5-16-41(37)34-44)43-30-25-40(26-31-43)45-17-8-9-19-47(45)52-35-51-46-18-7-6-15-39(46)27-33-50(51)48-20-10-11-21-49(48)52/h1-35H. The molecule has 10 aromatic rings. The van der Waals surface area contributed by atoms with Crippen LogP contribution >= 0.6 is 0 Å². The van der Waals surface area contributed by atoms with Gasteiger partial charge in [0.2, 0.25) is 0 Å². The first-order valence-corrected chi connectivity index (χ1v) is 18.3. The molecule has 0 bridgehead atoms. The Morgan fingerprint density at radius 2 is 0.736 bits per heavy atom. The summed E-state index contributed by atoms with van der Waals surface area (Å²) in [5.74, 6) is 0. The summed E-state index contributed by atoms with van der Waals surface area (Å²) in [5, 5.41) is 10.1. The van der Waals surface area contributed by atoms with E-state index in [1.54, 1.807) is 0 Å². The molecule has 0 saturated carbocycles. The molecule has 0 atom stereocenters. The maximum atomic E-state index is 2.41. The van der Waals surface area contributed by atoms with Gasteiger partial charge in [-0.1, -0.05) is 170 Å². The van der Waals surface area contributed by atoms with Gasteiger partial charge in [0.15, 0.2) is 0 Å². The first kappa shape index (κ1) is 30.8. The number of anilines is 3. The number of benzene rings is 10. The van der Waals surface area contributed by atoms with E-state index >= 15 is 0 Å². The van der Waals surface area contributed by atoms with Crippen molar-refractivity contribution < 1.29 is 0 Å². The van der Waals surface area contributed by atoms with Crippen LogP contribution in [0.1, 0.15) is 0 Å². The van der Waals surface area contributed by atoms with Gasteiger partial charge < -0.3 is 4.90 Å². The highest BCUT2D eigenvalue weighted by Gasteiger charge is 2.17. The van der Waals surface area contributed by atoms with Crippen LogP contribution in [-0.4, -0.2) is 0 Å². The summed E-state index contributed by atoms with van der Waals surface area (Å²) >= 11 is 0. The van der Waals surface area contributed by atoms with Gasteiger partial charge >= 0.3 is 0 Å². The maximum Gasteiger partial charge on any atom is 0.0468 e. The van der Waals surface area contributed by atoms with E-state index in [-0.39, 0.29) is 0 Å². The Morgan fingerprint density at radius 3 is 1.49 bits per heavy atom. The van der Waals surface area contributed by atoms with E-state index in [0.717, 1.165) is 17.1 Å². The normalized spacial score (nSPS) is 11.4. The molecule has 0 heterocycles. The largest absolute Gasteiger partial charge is 0.310 e. The molecule has 0 aliphatic rings. The molecule has 1 heteroatoms. The van der Waals surface area contributed by atoms with E-state index in [0.29, 0.717) is 0 Å². The molecule has 248 valence electrons. The van der Waals surface area contributed by atoms with E-state index in [1.165, 1.54) is 76.5 Å². The lowest BCUT2D eigenvalue weighted by Crippen LogP contribution is -2.09. The van der Waals surface area contributed by atoms with Crippen molar-refractivity contribution in [3.63, 3.8) is 0 Å². The lowest BCUT2D eigenvalue weighted by atomic mass is 9.88. The Balaban J connectivity index is 1.10. The van der Waals surface area contributed by atoms with Gasteiger partial charge in [0, 0.05) is 17.1 Å². The fourth-order valence-corrected chi connectivity index (χ4v) is 8.04. The van der Waals surface area contributed by atoms with Crippen molar-refractivity contribution in [3.05, 3.63) is 212 Å². The SMILES string of the molecule is c1ccc(-c2ccc(N(c3ccc(-c4ccccc4-c4cc5c6ccccc6ccc5c5ccccc45)cc3)c3ccc4ccccc4c3)cc2)cc1. The van der Waals surface area contributed by atoms with Gasteiger partial charge in [0.1, 0.15) is 0 Å². The Hall–Kier alpha value is -6.96. The molecule has 10 rings (SSSR count). The summed E-state index contributed by atoms with van der Waals surface area (Å²) in [7, 11) is 0. The fourth-order valence-electron chi connectivity index (χ4n) is 8.04. The minimum absolute atomic E-state index is 1.11. The van der Waals surface area contributed by atoms with Crippen LogP contribution in [0.4, 0.5) is 17.1 Å². The molecule has 0 spiro atoms. The van der Waals surface area contributed by atoms with Crippen LogP contribution in [0.25, 0.3) is 76.5 Å². The highest BCUT2D eigenvalue weighted by atomic mass is 15.1. The topological polar surface area (TPSA) is 3.24 Å². The molecule has 1 nitrogen and oxygen atoms in total. The molecule has 0 aromatic heterocycles. The lowest BCUT2D eigenvalue weighted by molar-refractivity contribution is 1.29. The van der Waals surface area contributed by atoms with Crippen LogP contribution < -0.4 is 4.90 Å². The van der Waals surface area contributed by atoms with Crippen molar-refractivity contribution in [1.29, 1.82) is 0 Å². The summed E-state index contributed by atoms with van der Waals surface area (Å²) in [5.41, 5.74) is 10.6. The lowest BCUT2D eigenvalue weighted by Gasteiger charge is -2.26. The van der Waals surface area contributed by atoms with Gasteiger partial charge in [-0.3, -0.25) is 0 Å². The zero-order valence-electron chi connectivity index (χ0n) is 29.2. The predicted octanol–water partition coefficient (Wildman–Crippen LogP) is 14.8. The Morgan fingerprint density at radius 1 is 0.226 bits per heavy atom. The van der Waals surface area contributed by atoms with Crippen LogP contribution in [0.15, 0.2) is 212 Å². The van der Waals surface area contributed by atoms with Crippen LogP contribution in [-0.2, 0) is 0 Å². The Bertz CT molecular complexity index is 2920. The van der Waals surface area contributed by atoms with E-state index < -0.39 is 0 Å². The minimum Gasteiger partial charge on any atom is -0.310 e. The third-order valence-electron chi connectivity index (χ3n) is 10.6. The second-order valence-corrected chi connectivity index (χ2v) is 13.7. The molecule has 0 aliphatic heterocycles. The van der Waals surface area contributed by atoms with Crippen molar-refractivity contribution in [3.8, 4) is 33.4 Å². The molecule has 0 saturated heterocycles. The second kappa shape index (κ2) is 13.0. The zero-order valence-corrected chi connectivity index (χ0v) is 29.2.